The van der Waals surface area contributed by atoms with Crippen LogP contribution in [0.3, 0.4) is 0 Å². The van der Waals surface area contributed by atoms with Crippen LogP contribution in [-0.2, 0) is 4.74 Å². The zero-order valence-electron chi connectivity index (χ0n) is 12.2. The Morgan fingerprint density at radius 2 is 2.10 bits per heavy atom. The summed E-state index contributed by atoms with van der Waals surface area (Å²) in [6.07, 6.45) is 0. The molecule has 0 saturated carbocycles. The van der Waals surface area contributed by atoms with Gasteiger partial charge in [0, 0.05) is 12.7 Å². The first-order valence-electron chi connectivity index (χ1n) is 6.35. The summed E-state index contributed by atoms with van der Waals surface area (Å²) in [7, 11) is 1.64. The summed E-state index contributed by atoms with van der Waals surface area (Å²) in [6.45, 7) is 5.24. The van der Waals surface area contributed by atoms with Crippen LogP contribution in [0.5, 0.6) is 0 Å². The van der Waals surface area contributed by atoms with Crippen LogP contribution in [0.1, 0.15) is 31.1 Å². The lowest BCUT2D eigenvalue weighted by atomic mass is 10.0. The molecule has 112 valence electrons. The number of likely N-dealkylation sites (N-methyl/N-ethyl adjacent to an activating group) is 1. The Kier molecular flexibility index (Phi) is 4.94. The van der Waals surface area contributed by atoms with Gasteiger partial charge in [-0.25, -0.2) is 9.18 Å². The number of nitrogen functional groups attached to an aromatic ring is 1. The first-order chi connectivity index (χ1) is 9.24. The van der Waals surface area contributed by atoms with Crippen molar-refractivity contribution in [3.05, 3.63) is 23.5 Å². The monoisotopic (exact) mass is 284 g/mol. The SMILES string of the molecule is CCOC(=O)c1cc(N(C)C(C)(C)CO)c(F)cc1N. The average Bonchev–Trinajstić information content (AvgIpc) is 2.38. The largest absolute Gasteiger partial charge is 0.462 e. The molecule has 5 nitrogen and oxygen atoms in total. The fourth-order valence-corrected chi connectivity index (χ4v) is 1.65. The molecule has 0 atom stereocenters. The molecule has 1 aromatic rings. The van der Waals surface area contributed by atoms with Crippen LogP contribution in [0.15, 0.2) is 12.1 Å². The molecule has 6 heteroatoms. The first kappa shape index (κ1) is 16.2. The fraction of sp³-hybridized carbons (Fsp3) is 0.500. The van der Waals surface area contributed by atoms with Gasteiger partial charge in [-0.3, -0.25) is 0 Å². The predicted octanol–water partition coefficient (Wildman–Crippen LogP) is 1.79. The van der Waals surface area contributed by atoms with E-state index in [-0.39, 0.29) is 30.2 Å². The van der Waals surface area contributed by atoms with Gasteiger partial charge in [-0.1, -0.05) is 0 Å². The smallest absolute Gasteiger partial charge is 0.340 e. The van der Waals surface area contributed by atoms with Gasteiger partial charge < -0.3 is 20.5 Å². The van der Waals surface area contributed by atoms with Gasteiger partial charge in [-0.15, -0.1) is 0 Å². The number of hydrogen-bond acceptors (Lipinski definition) is 5. The van der Waals surface area contributed by atoms with Crippen LogP contribution in [0.4, 0.5) is 15.8 Å². The van der Waals surface area contributed by atoms with Gasteiger partial charge >= 0.3 is 5.97 Å². The third kappa shape index (κ3) is 3.19. The van der Waals surface area contributed by atoms with Gasteiger partial charge in [0.05, 0.1) is 30.0 Å². The molecular weight excluding hydrogens is 263 g/mol. The highest BCUT2D eigenvalue weighted by Gasteiger charge is 2.26. The summed E-state index contributed by atoms with van der Waals surface area (Å²) in [5.41, 5.74) is 5.30. The van der Waals surface area contributed by atoms with E-state index >= 15 is 0 Å². The van der Waals surface area contributed by atoms with Crippen molar-refractivity contribution in [2.75, 3.05) is 30.9 Å². The maximum absolute atomic E-state index is 14.0. The van der Waals surface area contributed by atoms with Crippen LogP contribution in [-0.4, -0.2) is 36.9 Å². The highest BCUT2D eigenvalue weighted by atomic mass is 19.1. The number of aliphatic hydroxyl groups is 1. The Morgan fingerprint density at radius 3 is 2.60 bits per heavy atom. The number of hydrogen-bond donors (Lipinski definition) is 2. The van der Waals surface area contributed by atoms with Gasteiger partial charge in [0.2, 0.25) is 0 Å². The fourth-order valence-electron chi connectivity index (χ4n) is 1.65. The Bertz CT molecular complexity index is 503. The van der Waals surface area contributed by atoms with E-state index in [2.05, 4.69) is 0 Å². The molecule has 1 rings (SSSR count). The number of nitrogens with two attached hydrogens (primary N) is 1. The molecule has 0 unspecified atom stereocenters. The molecule has 0 aliphatic carbocycles. The quantitative estimate of drug-likeness (QED) is 0.637. The maximum Gasteiger partial charge on any atom is 0.340 e. The zero-order chi connectivity index (χ0) is 15.5. The van der Waals surface area contributed by atoms with Gasteiger partial charge in [0.15, 0.2) is 0 Å². The van der Waals surface area contributed by atoms with Crippen molar-refractivity contribution in [3.63, 3.8) is 0 Å². The molecule has 0 amide bonds. The molecule has 0 aromatic heterocycles. The van der Waals surface area contributed by atoms with Crippen molar-refractivity contribution in [2.24, 2.45) is 0 Å². The van der Waals surface area contributed by atoms with E-state index in [0.29, 0.717) is 0 Å². The van der Waals surface area contributed by atoms with Crippen molar-refractivity contribution >= 4 is 17.3 Å². The second-order valence-electron chi connectivity index (χ2n) is 5.14. The first-order valence-corrected chi connectivity index (χ1v) is 6.35. The number of halogens is 1. The molecule has 0 fully saturated rings. The molecule has 3 N–H and O–H groups in total. The number of esters is 1. The molecule has 20 heavy (non-hydrogen) atoms. The molecule has 0 saturated heterocycles. The van der Waals surface area contributed by atoms with E-state index in [1.54, 1.807) is 32.7 Å². The lowest BCUT2D eigenvalue weighted by Crippen LogP contribution is -2.45. The van der Waals surface area contributed by atoms with Crippen LogP contribution < -0.4 is 10.6 Å². The second-order valence-corrected chi connectivity index (χ2v) is 5.14. The van der Waals surface area contributed by atoms with E-state index in [9.17, 15) is 14.3 Å². The van der Waals surface area contributed by atoms with Gasteiger partial charge in [-0.2, -0.15) is 0 Å². The lowest BCUT2D eigenvalue weighted by molar-refractivity contribution is 0.0527. The minimum atomic E-state index is -0.678. The summed E-state index contributed by atoms with van der Waals surface area (Å²) in [5.74, 6) is -1.15. The topological polar surface area (TPSA) is 75.8 Å². The standard InChI is InChI=1S/C14H21FN2O3/c1-5-20-13(19)9-6-12(10(15)7-11(9)16)17(4)14(2,3)8-18/h6-7,18H,5,8,16H2,1-4H3. The van der Waals surface area contributed by atoms with Crippen molar-refractivity contribution in [3.8, 4) is 0 Å². The Morgan fingerprint density at radius 1 is 1.50 bits per heavy atom. The van der Waals surface area contributed by atoms with Crippen LogP contribution in [0.25, 0.3) is 0 Å². The number of carbonyl (C=O) groups is 1. The number of nitrogens with zero attached hydrogens (tertiary/aromatic N) is 1. The molecule has 0 spiro atoms. The normalized spacial score (nSPS) is 11.3. The summed E-state index contributed by atoms with van der Waals surface area (Å²) in [4.78, 5) is 13.3. The number of aliphatic hydroxyl groups excluding tert-OH is 1. The van der Waals surface area contributed by atoms with E-state index in [0.717, 1.165) is 6.07 Å². The van der Waals surface area contributed by atoms with Crippen molar-refractivity contribution in [2.45, 2.75) is 26.3 Å². The van der Waals surface area contributed by atoms with E-state index in [1.165, 1.54) is 6.07 Å². The third-order valence-corrected chi connectivity index (χ3v) is 3.27. The minimum absolute atomic E-state index is 0.0277. The molecule has 0 aliphatic heterocycles. The van der Waals surface area contributed by atoms with Crippen LogP contribution >= 0.6 is 0 Å². The van der Waals surface area contributed by atoms with Gasteiger partial charge in [-0.05, 0) is 32.9 Å². The van der Waals surface area contributed by atoms with E-state index < -0.39 is 17.3 Å². The van der Waals surface area contributed by atoms with Crippen molar-refractivity contribution in [1.82, 2.24) is 0 Å². The second kappa shape index (κ2) is 6.09. The van der Waals surface area contributed by atoms with Crippen molar-refractivity contribution < 1.29 is 19.0 Å². The Balaban J connectivity index is 3.28. The number of carbonyl (C=O) groups excluding carboxylic acids is 1. The molecule has 0 aliphatic rings. The zero-order valence-corrected chi connectivity index (χ0v) is 12.2. The highest BCUT2D eigenvalue weighted by molar-refractivity contribution is 5.96. The summed E-state index contributed by atoms with van der Waals surface area (Å²) >= 11 is 0. The van der Waals surface area contributed by atoms with Crippen LogP contribution in [0.2, 0.25) is 0 Å². The maximum atomic E-state index is 14.0. The Labute approximate surface area is 118 Å². The summed E-state index contributed by atoms with van der Waals surface area (Å²) in [6, 6.07) is 2.44. The molecule has 0 heterocycles. The molecular formula is C14H21FN2O3. The predicted molar refractivity (Wildman–Crippen MR) is 76.3 cm³/mol. The molecule has 0 radical (unpaired) electrons. The molecule has 1 aromatic carbocycles. The lowest BCUT2D eigenvalue weighted by Gasteiger charge is -2.36. The third-order valence-electron chi connectivity index (χ3n) is 3.27. The average molecular weight is 284 g/mol. The molecule has 0 bridgehead atoms. The Hall–Kier alpha value is -1.82. The summed E-state index contributed by atoms with van der Waals surface area (Å²) in [5, 5.41) is 9.35. The number of rotatable bonds is 5. The van der Waals surface area contributed by atoms with Gasteiger partial charge in [0.25, 0.3) is 0 Å². The van der Waals surface area contributed by atoms with Crippen LogP contribution in [0, 0.1) is 5.82 Å². The van der Waals surface area contributed by atoms with Crippen molar-refractivity contribution in [1.29, 1.82) is 0 Å². The number of ether oxygens (including phenoxy) is 1. The number of benzene rings is 1. The number of anilines is 2. The highest BCUT2D eigenvalue weighted by Crippen LogP contribution is 2.29. The van der Waals surface area contributed by atoms with Gasteiger partial charge in [0.1, 0.15) is 5.82 Å². The van der Waals surface area contributed by atoms with E-state index in [1.807, 2.05) is 0 Å². The summed E-state index contributed by atoms with van der Waals surface area (Å²) < 4.78 is 18.9. The van der Waals surface area contributed by atoms with E-state index in [4.69, 9.17) is 10.5 Å². The minimum Gasteiger partial charge on any atom is -0.462 e.